The van der Waals surface area contributed by atoms with Crippen molar-refractivity contribution in [1.82, 2.24) is 4.90 Å². The first kappa shape index (κ1) is 21.4. The van der Waals surface area contributed by atoms with E-state index in [1.165, 1.54) is 29.2 Å². The fraction of sp³-hybridized carbons (Fsp3) is 0.471. The predicted molar refractivity (Wildman–Crippen MR) is 90.9 cm³/mol. The van der Waals surface area contributed by atoms with Gasteiger partial charge in [0.25, 0.3) is 5.91 Å². The van der Waals surface area contributed by atoms with Gasteiger partial charge in [0.2, 0.25) is 0 Å². The van der Waals surface area contributed by atoms with Gasteiger partial charge in [0.05, 0.1) is 6.42 Å². The number of hydrogen-bond donors (Lipinski definition) is 3. The third-order valence-corrected chi connectivity index (χ3v) is 3.59. The molecule has 1 rings (SSSR count). The molecule has 1 aromatic rings. The topological polar surface area (TPSA) is 130 Å². The molecule has 144 valence electrons. The van der Waals surface area contributed by atoms with Gasteiger partial charge in [-0.25, -0.2) is 4.39 Å². The van der Waals surface area contributed by atoms with Crippen LogP contribution in [0.3, 0.4) is 0 Å². The Morgan fingerprint density at radius 2 is 1.81 bits per heavy atom. The van der Waals surface area contributed by atoms with E-state index >= 15 is 0 Å². The van der Waals surface area contributed by atoms with E-state index in [9.17, 15) is 18.8 Å². The number of nitrogens with zero attached hydrogens (tertiary/aromatic N) is 1. The van der Waals surface area contributed by atoms with Crippen LogP contribution >= 0.6 is 0 Å². The van der Waals surface area contributed by atoms with E-state index in [0.29, 0.717) is 17.7 Å². The molecule has 0 saturated heterocycles. The number of alkyl halides is 1. The van der Waals surface area contributed by atoms with Crippen molar-refractivity contribution in [2.45, 2.75) is 25.3 Å². The highest BCUT2D eigenvalue weighted by Crippen LogP contribution is 2.15. The van der Waals surface area contributed by atoms with Crippen LogP contribution < -0.4 is 10.5 Å². The van der Waals surface area contributed by atoms with Crippen LogP contribution in [0.25, 0.3) is 0 Å². The summed E-state index contributed by atoms with van der Waals surface area (Å²) >= 11 is 0. The summed E-state index contributed by atoms with van der Waals surface area (Å²) in [4.78, 5) is 35.5. The van der Waals surface area contributed by atoms with Crippen molar-refractivity contribution in [3.8, 4) is 5.75 Å². The first-order chi connectivity index (χ1) is 12.3. The molecule has 0 unspecified atom stereocenters. The molecule has 8 nitrogen and oxygen atoms in total. The molecule has 0 aromatic heterocycles. The first-order valence-electron chi connectivity index (χ1n) is 8.13. The lowest BCUT2D eigenvalue weighted by molar-refractivity contribution is -0.139. The van der Waals surface area contributed by atoms with E-state index in [1.54, 1.807) is 0 Å². The van der Waals surface area contributed by atoms with E-state index in [4.69, 9.17) is 20.7 Å². The zero-order valence-electron chi connectivity index (χ0n) is 14.3. The van der Waals surface area contributed by atoms with Crippen LogP contribution in [0.1, 0.15) is 29.6 Å². The fourth-order valence-electron chi connectivity index (χ4n) is 2.20. The Morgan fingerprint density at radius 3 is 2.35 bits per heavy atom. The van der Waals surface area contributed by atoms with E-state index in [1.807, 2.05) is 0 Å². The Morgan fingerprint density at radius 1 is 1.15 bits per heavy atom. The lowest BCUT2D eigenvalue weighted by Crippen LogP contribution is -2.36. The second-order valence-corrected chi connectivity index (χ2v) is 5.58. The number of rotatable bonds is 12. The van der Waals surface area contributed by atoms with Crippen LogP contribution in [-0.2, 0) is 9.59 Å². The average Bonchev–Trinajstić information content (AvgIpc) is 2.62. The molecule has 0 aliphatic rings. The Kier molecular flexibility index (Phi) is 9.07. The van der Waals surface area contributed by atoms with Gasteiger partial charge in [-0.15, -0.1) is 0 Å². The first-order valence-corrected chi connectivity index (χ1v) is 8.13. The Labute approximate surface area is 150 Å². The molecule has 0 bridgehead atoms. The van der Waals surface area contributed by atoms with Gasteiger partial charge < -0.3 is 25.6 Å². The third kappa shape index (κ3) is 7.47. The predicted octanol–water partition coefficient (Wildman–Crippen LogP) is 1.14. The zero-order chi connectivity index (χ0) is 19.5. The molecule has 0 spiro atoms. The van der Waals surface area contributed by atoms with Gasteiger partial charge in [0, 0.05) is 18.7 Å². The largest absolute Gasteiger partial charge is 0.491 e. The number of halogens is 1. The Balaban J connectivity index is 2.72. The molecule has 9 heteroatoms. The molecule has 0 aliphatic heterocycles. The molecule has 1 amide bonds. The van der Waals surface area contributed by atoms with Gasteiger partial charge in [-0.2, -0.15) is 0 Å². The van der Waals surface area contributed by atoms with Crippen molar-refractivity contribution in [3.63, 3.8) is 0 Å². The highest BCUT2D eigenvalue weighted by Gasteiger charge is 2.18. The van der Waals surface area contributed by atoms with Crippen molar-refractivity contribution in [1.29, 1.82) is 0 Å². The molecule has 1 aromatic carbocycles. The number of carbonyl (C=O) groups excluding carboxylic acids is 1. The lowest BCUT2D eigenvalue weighted by Gasteiger charge is -2.22. The second-order valence-electron chi connectivity index (χ2n) is 5.58. The standard InChI is InChI=1S/C17H23FN2O6/c18-8-11-26-13-5-3-12(4-6-13)16(23)20(10-7-15(21)22)9-1-2-14(19)17(24)25/h3-6,14H,1-2,7-11,19H2,(H,21,22)(H,24,25)/t14-/m0/s1/i18-1. The van der Waals surface area contributed by atoms with Crippen LogP contribution in [0.5, 0.6) is 5.75 Å². The van der Waals surface area contributed by atoms with E-state index in [0.717, 1.165) is 0 Å². The minimum atomic E-state index is -1.13. The van der Waals surface area contributed by atoms with Crippen molar-refractivity contribution in [3.05, 3.63) is 29.8 Å². The summed E-state index contributed by atoms with van der Waals surface area (Å²) < 4.78 is 17.2. The number of carboxylic acids is 2. The number of carboxylic acid groups (broad SMARTS) is 2. The van der Waals surface area contributed by atoms with E-state index < -0.39 is 24.7 Å². The molecule has 4 N–H and O–H groups in total. The normalized spacial score (nSPS) is 11.6. The van der Waals surface area contributed by atoms with Crippen molar-refractivity contribution in [2.75, 3.05) is 26.4 Å². The number of ether oxygens (including phenoxy) is 1. The van der Waals surface area contributed by atoms with Crippen LogP contribution in [0.15, 0.2) is 24.3 Å². The summed E-state index contributed by atoms with van der Waals surface area (Å²) in [6.07, 6.45) is 0.271. The third-order valence-electron chi connectivity index (χ3n) is 3.59. The smallest absolute Gasteiger partial charge is 0.320 e. The van der Waals surface area contributed by atoms with Crippen molar-refractivity contribution >= 4 is 17.8 Å². The maximum atomic E-state index is 12.6. The number of benzene rings is 1. The molecular weight excluding hydrogens is 346 g/mol. The molecule has 26 heavy (non-hydrogen) atoms. The molecule has 0 saturated carbocycles. The summed E-state index contributed by atoms with van der Waals surface area (Å²) in [7, 11) is 0. The summed E-state index contributed by atoms with van der Waals surface area (Å²) in [5.41, 5.74) is 5.76. The minimum Gasteiger partial charge on any atom is -0.491 e. The highest BCUT2D eigenvalue weighted by molar-refractivity contribution is 5.94. The van der Waals surface area contributed by atoms with Gasteiger partial charge in [0.15, 0.2) is 0 Å². The van der Waals surface area contributed by atoms with Crippen LogP contribution in [0, 0.1) is 0 Å². The molecule has 1 atom stereocenters. The monoisotopic (exact) mass is 369 g/mol. The molecule has 0 aliphatic carbocycles. The molecular formula is C17H23FN2O6. The summed E-state index contributed by atoms with van der Waals surface area (Å²) in [5.74, 6) is -2.13. The zero-order valence-corrected chi connectivity index (χ0v) is 14.3. The number of carbonyl (C=O) groups is 3. The average molecular weight is 369 g/mol. The molecule has 0 fully saturated rings. The molecule has 0 heterocycles. The SMILES string of the molecule is N[C@@H](CCCN(CCC(=O)O)C(=O)c1ccc(OCC[18F])cc1)C(=O)O. The fourth-order valence-corrected chi connectivity index (χ4v) is 2.20. The summed E-state index contributed by atoms with van der Waals surface area (Å²) in [6.45, 7) is -0.520. The number of amides is 1. The van der Waals surface area contributed by atoms with Gasteiger partial charge in [-0.05, 0) is 37.1 Å². The van der Waals surface area contributed by atoms with Crippen LogP contribution in [0.4, 0.5) is 4.39 Å². The van der Waals surface area contributed by atoms with Gasteiger partial charge in [-0.3, -0.25) is 14.4 Å². The quantitative estimate of drug-likeness (QED) is 0.504. The summed E-state index contributed by atoms with van der Waals surface area (Å²) in [5, 5.41) is 17.6. The van der Waals surface area contributed by atoms with E-state index in [-0.39, 0.29) is 38.4 Å². The van der Waals surface area contributed by atoms with Gasteiger partial charge in [-0.1, -0.05) is 0 Å². The van der Waals surface area contributed by atoms with Crippen LogP contribution in [0.2, 0.25) is 0 Å². The van der Waals surface area contributed by atoms with Gasteiger partial charge >= 0.3 is 11.9 Å². The lowest BCUT2D eigenvalue weighted by atomic mass is 10.1. The number of nitrogens with two attached hydrogens (primary N) is 1. The minimum absolute atomic E-state index is 0.00339. The van der Waals surface area contributed by atoms with Crippen LogP contribution in [-0.4, -0.2) is 65.4 Å². The van der Waals surface area contributed by atoms with Crippen molar-refractivity contribution < 1.29 is 33.7 Å². The molecule has 0 radical (unpaired) electrons. The maximum Gasteiger partial charge on any atom is 0.320 e. The van der Waals surface area contributed by atoms with Crippen molar-refractivity contribution in [2.24, 2.45) is 5.73 Å². The maximum absolute atomic E-state index is 12.6. The second kappa shape index (κ2) is 11.0. The number of hydrogen-bond acceptors (Lipinski definition) is 5. The van der Waals surface area contributed by atoms with Gasteiger partial charge in [0.1, 0.15) is 25.1 Å². The highest BCUT2D eigenvalue weighted by atomic mass is 18.2. The Hall–Kier alpha value is -2.68. The number of aliphatic carboxylic acids is 2. The summed E-state index contributed by atoms with van der Waals surface area (Å²) in [6, 6.07) is 5.04. The van der Waals surface area contributed by atoms with E-state index in [2.05, 4.69) is 0 Å². The Bertz CT molecular complexity index is 608.